The molecule has 0 bridgehead atoms. The van der Waals surface area contributed by atoms with Crippen LogP contribution in [0.2, 0.25) is 0 Å². The molecule has 8 heteroatoms. The Kier molecular flexibility index (Phi) is 7.13. The highest BCUT2D eigenvalue weighted by Gasteiger charge is 2.40. The normalized spacial score (nSPS) is 16.8. The Bertz CT molecular complexity index is 1530. The molecule has 1 saturated heterocycles. The van der Waals surface area contributed by atoms with E-state index < -0.39 is 17.8 Å². The van der Waals surface area contributed by atoms with E-state index in [0.717, 1.165) is 16.3 Å². The van der Waals surface area contributed by atoms with Crippen molar-refractivity contribution in [3.05, 3.63) is 108 Å². The Morgan fingerprint density at radius 3 is 2.53 bits per heavy atom. The summed E-state index contributed by atoms with van der Waals surface area (Å²) in [5.74, 6) is -1.89. The minimum atomic E-state index is -0.875. The van der Waals surface area contributed by atoms with Crippen LogP contribution in [0.4, 0.5) is 0 Å². The van der Waals surface area contributed by atoms with E-state index in [1.807, 2.05) is 60.7 Å². The summed E-state index contributed by atoms with van der Waals surface area (Å²) in [6, 6.07) is 27.4. The molecule has 1 heterocycles. The van der Waals surface area contributed by atoms with E-state index in [0.29, 0.717) is 23.4 Å². The minimum absolute atomic E-state index is 0.250. The third-order valence-corrected chi connectivity index (χ3v) is 6.48. The lowest BCUT2D eigenvalue weighted by Gasteiger charge is -2.15. The molecular weight excluding hydrogens is 482 g/mol. The molecule has 1 aliphatic rings. The summed E-state index contributed by atoms with van der Waals surface area (Å²) >= 11 is 0. The van der Waals surface area contributed by atoms with E-state index in [2.05, 4.69) is 15.8 Å². The molecule has 8 nitrogen and oxygen atoms in total. The molecule has 2 atom stereocenters. The number of rotatable bonds is 7. The van der Waals surface area contributed by atoms with Gasteiger partial charge in [-0.3, -0.25) is 9.59 Å². The number of hydrogen-bond donors (Lipinski definition) is 2. The molecule has 38 heavy (non-hydrogen) atoms. The Balaban J connectivity index is 1.27. The van der Waals surface area contributed by atoms with Gasteiger partial charge in [0.15, 0.2) is 11.5 Å². The second-order valence-electron chi connectivity index (χ2n) is 8.80. The Hall–Kier alpha value is -4.98. The van der Waals surface area contributed by atoms with Gasteiger partial charge in [0, 0.05) is 12.5 Å². The van der Waals surface area contributed by atoms with Crippen LogP contribution in [0.1, 0.15) is 27.4 Å². The van der Waals surface area contributed by atoms with Crippen LogP contribution >= 0.6 is 0 Å². The predicted molar refractivity (Wildman–Crippen MR) is 143 cm³/mol. The summed E-state index contributed by atoms with van der Waals surface area (Å²) in [7, 11) is 1.47. The van der Waals surface area contributed by atoms with E-state index >= 15 is 0 Å². The van der Waals surface area contributed by atoms with Crippen molar-refractivity contribution in [1.82, 2.24) is 10.7 Å². The van der Waals surface area contributed by atoms with Gasteiger partial charge in [-0.1, -0.05) is 66.7 Å². The van der Waals surface area contributed by atoms with Crippen molar-refractivity contribution < 1.29 is 23.9 Å². The zero-order valence-electron chi connectivity index (χ0n) is 20.6. The Morgan fingerprint density at radius 2 is 1.71 bits per heavy atom. The Labute approximate surface area is 219 Å². The van der Waals surface area contributed by atoms with Gasteiger partial charge < -0.3 is 14.8 Å². The van der Waals surface area contributed by atoms with Gasteiger partial charge in [0.1, 0.15) is 5.92 Å². The summed E-state index contributed by atoms with van der Waals surface area (Å²) in [6.07, 6.45) is 1.43. The van der Waals surface area contributed by atoms with Gasteiger partial charge >= 0.3 is 5.97 Å². The standard InChI is InChI=1S/C30H25N3O5/c1-37-26-16-19(14-15-25(26)38-30(36)23-13-7-11-20-10-5-6-12-22(20)23)17-32-33-29(35)27-24(18-31-28(27)34)21-8-3-2-4-9-21/h2-17,24,27H,18H2,1H3,(H,31,34)(H,33,35)/b32-17-. The maximum absolute atomic E-state index is 12.9. The van der Waals surface area contributed by atoms with Crippen molar-refractivity contribution in [2.45, 2.75) is 5.92 Å². The zero-order valence-corrected chi connectivity index (χ0v) is 20.6. The third-order valence-electron chi connectivity index (χ3n) is 6.48. The maximum atomic E-state index is 12.9. The zero-order chi connectivity index (χ0) is 26.5. The lowest BCUT2D eigenvalue weighted by atomic mass is 9.88. The third kappa shape index (κ3) is 5.10. The number of benzene rings is 4. The van der Waals surface area contributed by atoms with Gasteiger partial charge in [-0.2, -0.15) is 5.10 Å². The first-order valence-corrected chi connectivity index (χ1v) is 12.1. The van der Waals surface area contributed by atoms with E-state index in [1.54, 1.807) is 30.3 Å². The molecule has 1 aliphatic heterocycles. The van der Waals surface area contributed by atoms with Crippen LogP contribution in [-0.2, 0) is 9.59 Å². The monoisotopic (exact) mass is 507 g/mol. The molecule has 4 aromatic rings. The summed E-state index contributed by atoms with van der Waals surface area (Å²) in [5.41, 5.74) is 4.43. The molecule has 5 rings (SSSR count). The fourth-order valence-electron chi connectivity index (χ4n) is 4.58. The van der Waals surface area contributed by atoms with E-state index in [9.17, 15) is 14.4 Å². The number of methoxy groups -OCH3 is 1. The molecule has 0 saturated carbocycles. The van der Waals surface area contributed by atoms with Crippen molar-refractivity contribution in [1.29, 1.82) is 0 Å². The van der Waals surface area contributed by atoms with Crippen molar-refractivity contribution in [2.75, 3.05) is 13.7 Å². The molecule has 2 unspecified atom stereocenters. The molecule has 2 N–H and O–H groups in total. The molecule has 2 amide bonds. The molecule has 190 valence electrons. The number of amides is 2. The average molecular weight is 508 g/mol. The lowest BCUT2D eigenvalue weighted by Crippen LogP contribution is -2.34. The van der Waals surface area contributed by atoms with Crippen molar-refractivity contribution in [2.24, 2.45) is 11.0 Å². The largest absolute Gasteiger partial charge is 0.493 e. The van der Waals surface area contributed by atoms with Gasteiger partial charge in [-0.25, -0.2) is 10.2 Å². The number of hydrazone groups is 1. The molecule has 0 radical (unpaired) electrons. The highest BCUT2D eigenvalue weighted by atomic mass is 16.6. The van der Waals surface area contributed by atoms with Gasteiger partial charge in [0.05, 0.1) is 18.9 Å². The smallest absolute Gasteiger partial charge is 0.344 e. The molecular formula is C30H25N3O5. The number of nitrogens with one attached hydrogen (secondary N) is 2. The van der Waals surface area contributed by atoms with Crippen LogP contribution in [0.5, 0.6) is 11.5 Å². The van der Waals surface area contributed by atoms with Gasteiger partial charge in [-0.15, -0.1) is 0 Å². The van der Waals surface area contributed by atoms with Crippen molar-refractivity contribution >= 4 is 34.8 Å². The first-order chi connectivity index (χ1) is 18.5. The summed E-state index contributed by atoms with van der Waals surface area (Å²) < 4.78 is 11.1. The Morgan fingerprint density at radius 1 is 0.947 bits per heavy atom. The highest BCUT2D eigenvalue weighted by Crippen LogP contribution is 2.30. The summed E-state index contributed by atoms with van der Waals surface area (Å²) in [6.45, 7) is 0.390. The predicted octanol–water partition coefficient (Wildman–Crippen LogP) is 4.05. The fraction of sp³-hybridized carbons (Fsp3) is 0.133. The van der Waals surface area contributed by atoms with Crippen molar-refractivity contribution in [3.8, 4) is 11.5 Å². The number of esters is 1. The van der Waals surface area contributed by atoms with Crippen LogP contribution in [0.3, 0.4) is 0 Å². The molecule has 0 spiro atoms. The minimum Gasteiger partial charge on any atom is -0.493 e. The number of ether oxygens (including phenoxy) is 2. The summed E-state index contributed by atoms with van der Waals surface area (Å²) in [5, 5.41) is 8.52. The van der Waals surface area contributed by atoms with Crippen LogP contribution in [-0.4, -0.2) is 37.7 Å². The molecule has 0 aliphatic carbocycles. The number of nitrogens with zero attached hydrogens (tertiary/aromatic N) is 1. The van der Waals surface area contributed by atoms with Crippen LogP contribution in [0, 0.1) is 5.92 Å². The SMILES string of the molecule is COc1cc(/C=N\NC(=O)C2C(=O)NCC2c2ccccc2)ccc1OC(=O)c1cccc2ccccc12. The van der Waals surface area contributed by atoms with Gasteiger partial charge in [-0.05, 0) is 46.2 Å². The highest BCUT2D eigenvalue weighted by molar-refractivity contribution is 6.05. The number of carbonyl (C=O) groups is 3. The van der Waals surface area contributed by atoms with E-state index in [1.165, 1.54) is 13.3 Å². The first kappa shape index (κ1) is 24.7. The number of carbonyl (C=O) groups excluding carboxylic acids is 3. The number of hydrogen-bond acceptors (Lipinski definition) is 6. The lowest BCUT2D eigenvalue weighted by molar-refractivity contribution is -0.133. The fourth-order valence-corrected chi connectivity index (χ4v) is 4.58. The second-order valence-corrected chi connectivity index (χ2v) is 8.80. The van der Waals surface area contributed by atoms with Crippen LogP contribution < -0.4 is 20.2 Å². The first-order valence-electron chi connectivity index (χ1n) is 12.1. The van der Waals surface area contributed by atoms with Gasteiger partial charge in [0.25, 0.3) is 5.91 Å². The number of fused-ring (bicyclic) bond motifs is 1. The van der Waals surface area contributed by atoms with Crippen LogP contribution in [0.25, 0.3) is 10.8 Å². The maximum Gasteiger partial charge on any atom is 0.344 e. The topological polar surface area (TPSA) is 106 Å². The van der Waals surface area contributed by atoms with Crippen LogP contribution in [0.15, 0.2) is 96.1 Å². The van der Waals surface area contributed by atoms with Gasteiger partial charge in [0.2, 0.25) is 5.91 Å². The quantitative estimate of drug-likeness (QED) is 0.129. The molecule has 0 aromatic heterocycles. The van der Waals surface area contributed by atoms with Crippen molar-refractivity contribution in [3.63, 3.8) is 0 Å². The molecule has 1 fully saturated rings. The second kappa shape index (κ2) is 11.0. The molecule has 4 aromatic carbocycles. The summed E-state index contributed by atoms with van der Waals surface area (Å²) in [4.78, 5) is 38.0. The van der Waals surface area contributed by atoms with E-state index in [-0.39, 0.29) is 17.6 Å². The average Bonchev–Trinajstić information content (AvgIpc) is 3.35. The van der Waals surface area contributed by atoms with E-state index in [4.69, 9.17) is 9.47 Å².